The summed E-state index contributed by atoms with van der Waals surface area (Å²) in [6.45, 7) is 3.32. The van der Waals surface area contributed by atoms with Gasteiger partial charge in [-0.2, -0.15) is 0 Å². The molecule has 1 aromatic carbocycles. The molecule has 7 nitrogen and oxygen atoms in total. The van der Waals surface area contributed by atoms with Gasteiger partial charge in [0.1, 0.15) is 11.1 Å². The molecule has 26 heavy (non-hydrogen) atoms. The molecule has 1 saturated carbocycles. The predicted molar refractivity (Wildman–Crippen MR) is 102 cm³/mol. The lowest BCUT2D eigenvalue weighted by Gasteiger charge is -2.25. The number of nitrogens with one attached hydrogen (secondary N) is 1. The van der Waals surface area contributed by atoms with E-state index >= 15 is 0 Å². The van der Waals surface area contributed by atoms with E-state index in [9.17, 15) is 4.79 Å². The quantitative estimate of drug-likeness (QED) is 0.804. The molecule has 1 amide bonds. The van der Waals surface area contributed by atoms with Crippen molar-refractivity contribution in [2.24, 2.45) is 6.98 Å². The van der Waals surface area contributed by atoms with Crippen molar-refractivity contribution in [1.29, 1.82) is 0 Å². The third-order valence-corrected chi connectivity index (χ3v) is 4.79. The lowest BCUT2D eigenvalue weighted by atomic mass is 10.2. The van der Waals surface area contributed by atoms with Crippen LogP contribution in [0.15, 0.2) is 16.6 Å². The van der Waals surface area contributed by atoms with E-state index in [1.54, 1.807) is 6.07 Å². The maximum absolute atomic E-state index is 12.1. The number of benzene rings is 1. The molecule has 1 aliphatic carbocycles. The summed E-state index contributed by atoms with van der Waals surface area (Å²) in [6, 6.07) is 3.44. The number of carbonyl (C=O) groups is 1. The summed E-state index contributed by atoms with van der Waals surface area (Å²) in [5, 5.41) is 10.6. The monoisotopic (exact) mass is 427 g/mol. The van der Waals surface area contributed by atoms with Crippen LogP contribution in [0.4, 0.5) is 4.79 Å². The van der Waals surface area contributed by atoms with Crippen molar-refractivity contribution in [3.8, 4) is 0 Å². The predicted octanol–water partition coefficient (Wildman–Crippen LogP) is 3.69. The molecule has 2 atom stereocenters. The van der Waals surface area contributed by atoms with E-state index in [0.29, 0.717) is 15.5 Å². The first-order valence-electron chi connectivity index (χ1n) is 10.1. The number of halogens is 1. The molecule has 1 N–H and O–H groups in total. The summed E-state index contributed by atoms with van der Waals surface area (Å²) in [4.78, 5) is 12.1. The van der Waals surface area contributed by atoms with E-state index in [2.05, 4.69) is 31.6 Å². The van der Waals surface area contributed by atoms with Gasteiger partial charge in [-0.3, -0.25) is 0 Å². The number of aromatic nitrogens is 3. The van der Waals surface area contributed by atoms with Gasteiger partial charge in [0.15, 0.2) is 0 Å². The second kappa shape index (κ2) is 7.52. The second-order valence-corrected chi connectivity index (χ2v) is 8.33. The topological polar surface area (TPSA) is 78.3 Å². The lowest BCUT2D eigenvalue weighted by molar-refractivity contribution is 0.0166. The molecule has 0 radical (unpaired) electrons. The minimum Gasteiger partial charge on any atom is -0.444 e. The summed E-state index contributed by atoms with van der Waals surface area (Å²) >= 11 is 3.43. The standard InChI is InChI=1S/C18H25BrN4O3/c1-18(2,3)26-17(24)20-13-6-5-7-15(13)25-10-11-8-12(19)16-14(9-11)23(4)22-21-16/h8-9,13,15H,5-7,10H2,1-4H3,(H,20,24)/t13-,15-/m1/s1/i4D3. The fraction of sp³-hybridized carbons (Fsp3) is 0.611. The molecule has 142 valence electrons. The smallest absolute Gasteiger partial charge is 0.407 e. The van der Waals surface area contributed by atoms with E-state index in [-0.39, 0.29) is 18.8 Å². The Hall–Kier alpha value is -1.67. The van der Waals surface area contributed by atoms with Gasteiger partial charge in [0, 0.05) is 15.6 Å². The van der Waals surface area contributed by atoms with Crippen molar-refractivity contribution >= 4 is 33.1 Å². The highest BCUT2D eigenvalue weighted by atomic mass is 79.9. The minimum absolute atomic E-state index is 0.119. The Kier molecular flexibility index (Phi) is 4.45. The minimum atomic E-state index is -2.42. The normalized spacial score (nSPS) is 22.7. The Labute approximate surface area is 165 Å². The Bertz CT molecular complexity index is 895. The molecule has 0 spiro atoms. The first-order valence-corrected chi connectivity index (χ1v) is 9.39. The largest absolute Gasteiger partial charge is 0.444 e. The van der Waals surface area contributed by atoms with Crippen molar-refractivity contribution in [3.63, 3.8) is 0 Å². The zero-order chi connectivity index (χ0) is 21.4. The number of carbonyl (C=O) groups excluding carboxylic acids is 1. The molecule has 0 aliphatic heterocycles. The zero-order valence-corrected chi connectivity index (χ0v) is 16.7. The first kappa shape index (κ1) is 15.4. The molecule has 0 saturated heterocycles. The van der Waals surface area contributed by atoms with Crippen LogP contribution in [0, 0.1) is 0 Å². The number of aryl methyl sites for hydroxylation is 1. The molecule has 1 aromatic heterocycles. The summed E-state index contributed by atoms with van der Waals surface area (Å²) in [5.74, 6) is 0. The molecule has 1 aliphatic rings. The van der Waals surface area contributed by atoms with Crippen molar-refractivity contribution in [2.75, 3.05) is 0 Å². The first-order chi connectivity index (χ1) is 13.4. The highest BCUT2D eigenvalue weighted by molar-refractivity contribution is 9.10. The average molecular weight is 428 g/mol. The highest BCUT2D eigenvalue weighted by Crippen LogP contribution is 2.27. The summed E-state index contributed by atoms with van der Waals surface area (Å²) in [7, 11) is 0. The number of amides is 1. The van der Waals surface area contributed by atoms with Gasteiger partial charge in [-0.25, -0.2) is 9.48 Å². The molecular weight excluding hydrogens is 400 g/mol. The number of nitrogens with zero attached hydrogens (tertiary/aromatic N) is 3. The maximum atomic E-state index is 12.1. The van der Waals surface area contributed by atoms with Crippen LogP contribution >= 0.6 is 15.9 Å². The van der Waals surface area contributed by atoms with Gasteiger partial charge >= 0.3 is 6.09 Å². The number of alkyl carbamates (subject to hydrolysis) is 1. The Morgan fingerprint density at radius 2 is 2.27 bits per heavy atom. The van der Waals surface area contributed by atoms with Crippen LogP contribution in [0.1, 0.15) is 49.7 Å². The van der Waals surface area contributed by atoms with Crippen LogP contribution in [0.5, 0.6) is 0 Å². The second-order valence-electron chi connectivity index (χ2n) is 7.48. The fourth-order valence-corrected chi connectivity index (χ4v) is 3.65. The lowest BCUT2D eigenvalue weighted by Crippen LogP contribution is -2.43. The van der Waals surface area contributed by atoms with Crippen molar-refractivity contribution in [2.45, 2.75) is 64.4 Å². The third kappa shape index (κ3) is 4.54. The van der Waals surface area contributed by atoms with Gasteiger partial charge in [0.25, 0.3) is 0 Å². The van der Waals surface area contributed by atoms with Crippen molar-refractivity contribution in [3.05, 3.63) is 22.2 Å². The molecule has 3 rings (SSSR count). The van der Waals surface area contributed by atoms with E-state index in [0.717, 1.165) is 29.5 Å². The van der Waals surface area contributed by atoms with E-state index in [4.69, 9.17) is 13.6 Å². The molecule has 1 heterocycles. The Balaban J connectivity index is 1.69. The Morgan fingerprint density at radius 1 is 1.46 bits per heavy atom. The van der Waals surface area contributed by atoms with Crippen LogP contribution in [-0.4, -0.2) is 38.8 Å². The highest BCUT2D eigenvalue weighted by Gasteiger charge is 2.31. The molecule has 0 bridgehead atoms. The molecular formula is C18H25BrN4O3. The van der Waals surface area contributed by atoms with Crippen molar-refractivity contribution < 1.29 is 18.4 Å². The fourth-order valence-electron chi connectivity index (χ4n) is 3.07. The van der Waals surface area contributed by atoms with Gasteiger partial charge in [-0.05, 0) is 73.7 Å². The van der Waals surface area contributed by atoms with Crippen LogP contribution < -0.4 is 5.32 Å². The number of hydrogen-bond acceptors (Lipinski definition) is 5. The van der Waals surface area contributed by atoms with Gasteiger partial charge in [-0.15, -0.1) is 5.10 Å². The van der Waals surface area contributed by atoms with E-state index < -0.39 is 18.7 Å². The molecule has 0 unspecified atom stereocenters. The van der Waals surface area contributed by atoms with Crippen LogP contribution in [-0.2, 0) is 23.1 Å². The van der Waals surface area contributed by atoms with Crippen LogP contribution in [0.25, 0.3) is 11.0 Å². The van der Waals surface area contributed by atoms with Crippen LogP contribution in [0.3, 0.4) is 0 Å². The number of ether oxygens (including phenoxy) is 2. The van der Waals surface area contributed by atoms with E-state index in [1.807, 2.05) is 26.8 Å². The Morgan fingerprint density at radius 3 is 3.00 bits per heavy atom. The third-order valence-electron chi connectivity index (χ3n) is 4.18. The van der Waals surface area contributed by atoms with Gasteiger partial charge in [0.05, 0.1) is 24.3 Å². The van der Waals surface area contributed by atoms with Crippen molar-refractivity contribution in [1.82, 2.24) is 20.3 Å². The number of rotatable bonds is 4. The van der Waals surface area contributed by atoms with E-state index in [1.165, 1.54) is 0 Å². The van der Waals surface area contributed by atoms with Gasteiger partial charge in [0.2, 0.25) is 0 Å². The number of fused-ring (bicyclic) bond motifs is 1. The summed E-state index contributed by atoms with van der Waals surface area (Å²) in [5.41, 5.74) is 1.13. The zero-order valence-electron chi connectivity index (χ0n) is 18.1. The average Bonchev–Trinajstić information content (AvgIpc) is 3.17. The maximum Gasteiger partial charge on any atom is 0.407 e. The molecule has 8 heteroatoms. The van der Waals surface area contributed by atoms with Crippen LogP contribution in [0.2, 0.25) is 0 Å². The van der Waals surface area contributed by atoms with Gasteiger partial charge in [-0.1, -0.05) is 5.21 Å². The van der Waals surface area contributed by atoms with Gasteiger partial charge < -0.3 is 14.8 Å². The summed E-state index contributed by atoms with van der Waals surface area (Å²) < 4.78 is 35.8. The molecule has 2 aromatic rings. The summed E-state index contributed by atoms with van der Waals surface area (Å²) in [6.07, 6.45) is 2.02. The number of hydrogen-bond donors (Lipinski definition) is 1. The SMILES string of the molecule is [2H]C([2H])([2H])n1nnc2c(Br)cc(CO[C@@H]3CCC[C@H]3NC(=O)OC(C)(C)C)cc21. The molecule has 1 fully saturated rings.